The summed E-state index contributed by atoms with van der Waals surface area (Å²) in [5.41, 5.74) is 2.14. The van der Waals surface area contributed by atoms with Gasteiger partial charge in [-0.05, 0) is 43.5 Å². The molecule has 1 amide bonds. The number of halogens is 3. The molecule has 3 aromatic rings. The number of hydrogen-bond acceptors (Lipinski definition) is 4. The van der Waals surface area contributed by atoms with Gasteiger partial charge in [-0.1, -0.05) is 5.16 Å². The van der Waals surface area contributed by atoms with Gasteiger partial charge in [0.05, 0.1) is 0 Å². The van der Waals surface area contributed by atoms with E-state index >= 15 is 0 Å². The van der Waals surface area contributed by atoms with Gasteiger partial charge in [-0.3, -0.25) is 4.79 Å². The van der Waals surface area contributed by atoms with Gasteiger partial charge in [0, 0.05) is 28.7 Å². The van der Waals surface area contributed by atoms with Crippen LogP contribution in [0, 0.1) is 6.92 Å². The van der Waals surface area contributed by atoms with Crippen LogP contribution < -0.4 is 5.32 Å². The fourth-order valence-corrected chi connectivity index (χ4v) is 2.86. The number of nitrogens with one attached hydrogen (secondary N) is 1. The Morgan fingerprint density at radius 3 is 2.81 bits per heavy atom. The summed E-state index contributed by atoms with van der Waals surface area (Å²) in [5, 5.41) is 7.16. The predicted octanol–water partition coefficient (Wildman–Crippen LogP) is 3.30. The summed E-state index contributed by atoms with van der Waals surface area (Å²) in [5.74, 6) is -1.56. The quantitative estimate of drug-likeness (QED) is 0.771. The zero-order chi connectivity index (χ0) is 18.5. The number of aromatic nitrogens is 3. The van der Waals surface area contributed by atoms with Crippen LogP contribution in [0.5, 0.6) is 0 Å². The van der Waals surface area contributed by atoms with Crippen molar-refractivity contribution in [3.63, 3.8) is 0 Å². The molecule has 1 saturated carbocycles. The first kappa shape index (κ1) is 16.6. The van der Waals surface area contributed by atoms with Crippen molar-refractivity contribution in [3.05, 3.63) is 35.9 Å². The number of carbonyl (C=O) groups excluding carboxylic acids is 1. The Kier molecular flexibility index (Phi) is 3.74. The van der Waals surface area contributed by atoms with E-state index in [0.29, 0.717) is 5.56 Å². The standard InChI is InChI=1S/C17H15F3N4O2/c1-9-7-24(8-14(25)21-11-3-4-11)13-5-2-10(6-12(9)13)15-22-16(26-23-15)17(18,19)20/h2,5-7,11H,3-4,8H2,1H3,(H,21,25). The number of fused-ring (bicyclic) bond motifs is 1. The number of rotatable bonds is 4. The topological polar surface area (TPSA) is 73.0 Å². The van der Waals surface area contributed by atoms with E-state index in [4.69, 9.17) is 0 Å². The zero-order valence-corrected chi connectivity index (χ0v) is 13.8. The fraction of sp³-hybridized carbons (Fsp3) is 0.353. The lowest BCUT2D eigenvalue weighted by Gasteiger charge is -2.06. The molecule has 2 aromatic heterocycles. The van der Waals surface area contributed by atoms with Crippen molar-refractivity contribution in [2.24, 2.45) is 0 Å². The van der Waals surface area contributed by atoms with Crippen LogP contribution in [0.15, 0.2) is 28.9 Å². The Balaban J connectivity index is 1.64. The minimum Gasteiger partial charge on any atom is -0.352 e. The molecule has 0 unspecified atom stereocenters. The van der Waals surface area contributed by atoms with Crippen LogP contribution in [0.3, 0.4) is 0 Å². The van der Waals surface area contributed by atoms with E-state index < -0.39 is 12.1 Å². The third-order valence-corrected chi connectivity index (χ3v) is 4.26. The Hall–Kier alpha value is -2.84. The summed E-state index contributed by atoms with van der Waals surface area (Å²) < 4.78 is 44.0. The number of carbonyl (C=O) groups is 1. The van der Waals surface area contributed by atoms with Gasteiger partial charge in [0.2, 0.25) is 11.7 Å². The first-order valence-electron chi connectivity index (χ1n) is 8.11. The molecule has 1 aliphatic carbocycles. The van der Waals surface area contributed by atoms with E-state index in [1.165, 1.54) is 0 Å². The third kappa shape index (κ3) is 3.16. The predicted molar refractivity (Wildman–Crippen MR) is 86.1 cm³/mol. The Morgan fingerprint density at radius 2 is 2.15 bits per heavy atom. The largest absolute Gasteiger partial charge is 0.471 e. The average Bonchev–Trinajstić information content (AvgIpc) is 3.13. The summed E-state index contributed by atoms with van der Waals surface area (Å²) >= 11 is 0. The normalized spacial score (nSPS) is 14.8. The van der Waals surface area contributed by atoms with Gasteiger partial charge >= 0.3 is 12.1 Å². The number of amides is 1. The van der Waals surface area contributed by atoms with Crippen molar-refractivity contribution in [2.45, 2.75) is 38.5 Å². The SMILES string of the molecule is Cc1cn(CC(=O)NC2CC2)c2ccc(-c3noc(C(F)(F)F)n3)cc12. The van der Waals surface area contributed by atoms with Crippen LogP contribution in [-0.2, 0) is 17.5 Å². The highest BCUT2D eigenvalue weighted by atomic mass is 19.4. The van der Waals surface area contributed by atoms with E-state index in [1.807, 2.05) is 17.7 Å². The zero-order valence-electron chi connectivity index (χ0n) is 13.8. The summed E-state index contributed by atoms with van der Waals surface area (Å²) in [7, 11) is 0. The maximum absolute atomic E-state index is 12.6. The second-order valence-electron chi connectivity index (χ2n) is 6.43. The Morgan fingerprint density at radius 1 is 1.38 bits per heavy atom. The van der Waals surface area contributed by atoms with Crippen LogP contribution in [0.2, 0.25) is 0 Å². The maximum atomic E-state index is 12.6. The number of alkyl halides is 3. The molecule has 0 spiro atoms. The Bertz CT molecular complexity index is 986. The fourth-order valence-electron chi connectivity index (χ4n) is 2.86. The number of nitrogens with zero attached hydrogens (tertiary/aromatic N) is 3. The first-order valence-corrected chi connectivity index (χ1v) is 8.11. The van der Waals surface area contributed by atoms with Crippen molar-refractivity contribution in [3.8, 4) is 11.4 Å². The van der Waals surface area contributed by atoms with Gasteiger partial charge in [-0.25, -0.2) is 0 Å². The van der Waals surface area contributed by atoms with Gasteiger partial charge in [0.1, 0.15) is 6.54 Å². The van der Waals surface area contributed by atoms with Crippen molar-refractivity contribution in [2.75, 3.05) is 0 Å². The molecule has 0 atom stereocenters. The lowest BCUT2D eigenvalue weighted by molar-refractivity contribution is -0.159. The maximum Gasteiger partial charge on any atom is 0.471 e. The lowest BCUT2D eigenvalue weighted by Crippen LogP contribution is -2.29. The van der Waals surface area contributed by atoms with Crippen LogP contribution in [0.1, 0.15) is 24.3 Å². The van der Waals surface area contributed by atoms with Crippen LogP contribution >= 0.6 is 0 Å². The molecule has 26 heavy (non-hydrogen) atoms. The minimum absolute atomic E-state index is 0.0542. The van der Waals surface area contributed by atoms with E-state index in [-0.39, 0.29) is 24.3 Å². The highest BCUT2D eigenvalue weighted by molar-refractivity contribution is 5.89. The van der Waals surface area contributed by atoms with Gasteiger partial charge in [0.25, 0.3) is 0 Å². The molecule has 136 valence electrons. The molecule has 0 radical (unpaired) electrons. The number of benzene rings is 1. The highest BCUT2D eigenvalue weighted by Gasteiger charge is 2.38. The molecule has 1 aliphatic rings. The van der Waals surface area contributed by atoms with E-state index in [2.05, 4.69) is 20.0 Å². The van der Waals surface area contributed by atoms with Crippen LogP contribution in [0.25, 0.3) is 22.3 Å². The molecule has 0 bridgehead atoms. The smallest absolute Gasteiger partial charge is 0.352 e. The minimum atomic E-state index is -4.68. The van der Waals surface area contributed by atoms with E-state index in [1.54, 1.807) is 18.2 Å². The molecule has 1 aromatic carbocycles. The van der Waals surface area contributed by atoms with Crippen molar-refractivity contribution in [1.82, 2.24) is 20.0 Å². The van der Waals surface area contributed by atoms with Crippen molar-refractivity contribution >= 4 is 16.8 Å². The summed E-state index contributed by atoms with van der Waals surface area (Å²) in [4.78, 5) is 15.4. The molecule has 6 nitrogen and oxygen atoms in total. The van der Waals surface area contributed by atoms with Crippen LogP contribution in [0.4, 0.5) is 13.2 Å². The van der Waals surface area contributed by atoms with E-state index in [9.17, 15) is 18.0 Å². The molecule has 2 heterocycles. The van der Waals surface area contributed by atoms with Crippen molar-refractivity contribution < 1.29 is 22.5 Å². The van der Waals surface area contributed by atoms with E-state index in [0.717, 1.165) is 29.3 Å². The molecule has 9 heteroatoms. The summed E-state index contributed by atoms with van der Waals surface area (Å²) in [6.45, 7) is 2.07. The average molecular weight is 364 g/mol. The Labute approximate surface area is 146 Å². The van der Waals surface area contributed by atoms with Gasteiger partial charge in [-0.2, -0.15) is 18.2 Å². The monoisotopic (exact) mass is 364 g/mol. The molecule has 1 fully saturated rings. The first-order chi connectivity index (χ1) is 12.3. The highest BCUT2D eigenvalue weighted by Crippen LogP contribution is 2.31. The number of hydrogen-bond donors (Lipinski definition) is 1. The van der Waals surface area contributed by atoms with Crippen LogP contribution in [-0.4, -0.2) is 26.7 Å². The molecular weight excluding hydrogens is 349 g/mol. The summed E-state index contributed by atoms with van der Waals surface area (Å²) in [6, 6.07) is 5.34. The van der Waals surface area contributed by atoms with Gasteiger partial charge in [0.15, 0.2) is 0 Å². The molecule has 1 N–H and O–H groups in total. The summed E-state index contributed by atoms with van der Waals surface area (Å²) in [6.07, 6.45) is -0.794. The third-order valence-electron chi connectivity index (χ3n) is 4.26. The second-order valence-corrected chi connectivity index (χ2v) is 6.43. The van der Waals surface area contributed by atoms with Gasteiger partial charge in [-0.15, -0.1) is 0 Å². The molecule has 0 saturated heterocycles. The molecular formula is C17H15F3N4O2. The second kappa shape index (κ2) is 5.86. The van der Waals surface area contributed by atoms with Gasteiger partial charge < -0.3 is 14.4 Å². The lowest BCUT2D eigenvalue weighted by atomic mass is 10.1. The van der Waals surface area contributed by atoms with Crippen molar-refractivity contribution in [1.29, 1.82) is 0 Å². The number of aryl methyl sites for hydroxylation is 1. The molecule has 0 aliphatic heterocycles. The molecule has 4 rings (SSSR count).